The van der Waals surface area contributed by atoms with Crippen molar-refractivity contribution in [3.8, 4) is 0 Å². The molecule has 2 amide bonds. The molecular weight excluding hydrogens is 480 g/mol. The van der Waals surface area contributed by atoms with Crippen LogP contribution in [0.1, 0.15) is 18.7 Å². The third kappa shape index (κ3) is 5.21. The van der Waals surface area contributed by atoms with Gasteiger partial charge in [0.25, 0.3) is 0 Å². The molecule has 5 unspecified atom stereocenters. The topological polar surface area (TPSA) is 139 Å². The molecule has 3 aromatic rings. The van der Waals surface area contributed by atoms with Crippen LogP contribution in [0.2, 0.25) is 0 Å². The summed E-state index contributed by atoms with van der Waals surface area (Å²) in [6.07, 6.45) is 6.56. The Morgan fingerprint density at radius 1 is 1.08 bits per heavy atom. The van der Waals surface area contributed by atoms with Crippen LogP contribution in [0.25, 0.3) is 17.2 Å². The van der Waals surface area contributed by atoms with Gasteiger partial charge in [-0.25, -0.2) is 24.5 Å². The predicted octanol–water partition coefficient (Wildman–Crippen LogP) is 2.42. The summed E-state index contributed by atoms with van der Waals surface area (Å²) in [5, 5.41) is 5.33. The fourth-order valence-corrected chi connectivity index (χ4v) is 4.21. The van der Waals surface area contributed by atoms with Crippen molar-refractivity contribution in [3.05, 3.63) is 66.8 Å². The first kappa shape index (κ1) is 24.6. The lowest BCUT2D eigenvalue weighted by Gasteiger charge is -2.19. The summed E-state index contributed by atoms with van der Waals surface area (Å²) in [5.74, 6) is -0.247. The summed E-state index contributed by atoms with van der Waals surface area (Å²) in [7, 11) is 1.30. The van der Waals surface area contributed by atoms with Crippen LogP contribution in [0.5, 0.6) is 0 Å². The minimum absolute atomic E-state index is 0.263. The molecule has 0 radical (unpaired) electrons. The zero-order valence-corrected chi connectivity index (χ0v) is 20.2. The van der Waals surface area contributed by atoms with Crippen LogP contribution in [0, 0.1) is 0 Å². The van der Waals surface area contributed by atoms with Crippen molar-refractivity contribution in [3.63, 3.8) is 0 Å². The van der Waals surface area contributed by atoms with Crippen LogP contribution in [-0.4, -0.2) is 69.8 Å². The molecule has 1 aromatic carbocycles. The second-order valence-corrected chi connectivity index (χ2v) is 8.24. The largest absolute Gasteiger partial charge is 0.466 e. The minimum Gasteiger partial charge on any atom is -0.466 e. The van der Waals surface area contributed by atoms with Gasteiger partial charge in [0.1, 0.15) is 24.6 Å². The summed E-state index contributed by atoms with van der Waals surface area (Å²) < 4.78 is 25.0. The number of hydrogen-bond donors (Lipinski definition) is 2. The molecule has 2 aromatic heterocycles. The van der Waals surface area contributed by atoms with Crippen LogP contribution in [0.3, 0.4) is 0 Å². The van der Waals surface area contributed by atoms with E-state index in [-0.39, 0.29) is 5.82 Å². The van der Waals surface area contributed by atoms with E-state index in [1.165, 1.54) is 19.5 Å². The van der Waals surface area contributed by atoms with Crippen molar-refractivity contribution in [2.45, 2.75) is 37.8 Å². The Morgan fingerprint density at radius 3 is 2.68 bits per heavy atom. The number of anilines is 1. The molecule has 0 saturated carbocycles. The summed E-state index contributed by atoms with van der Waals surface area (Å²) in [6, 6.07) is 9.39. The first-order valence-electron chi connectivity index (χ1n) is 11.8. The van der Waals surface area contributed by atoms with Gasteiger partial charge in [0, 0.05) is 12.6 Å². The summed E-state index contributed by atoms with van der Waals surface area (Å²) in [6.45, 7) is 2.28. The Hall–Kier alpha value is -4.13. The van der Waals surface area contributed by atoms with E-state index in [1.807, 2.05) is 49.4 Å². The number of imidazole rings is 1. The van der Waals surface area contributed by atoms with Crippen LogP contribution in [0.4, 0.5) is 10.6 Å². The number of esters is 1. The highest BCUT2D eigenvalue weighted by Gasteiger charge is 2.52. The highest BCUT2D eigenvalue weighted by molar-refractivity contribution is 5.95. The SMILES string of the molecule is CCNC(=O)Nc1ncnc2c1ncn2C1OC(/C=C/C(=O)OC)C2OC(/C=C/c3ccccc3)OC21. The molecule has 2 aliphatic heterocycles. The number of methoxy groups -OCH3 is 1. The number of hydrogen-bond acceptors (Lipinski definition) is 9. The summed E-state index contributed by atoms with van der Waals surface area (Å²) in [4.78, 5) is 36.7. The number of nitrogens with one attached hydrogen (secondary N) is 2. The van der Waals surface area contributed by atoms with E-state index in [4.69, 9.17) is 18.9 Å². The number of urea groups is 1. The van der Waals surface area contributed by atoms with E-state index in [2.05, 4.69) is 25.6 Å². The molecule has 5 rings (SSSR count). The third-order valence-electron chi connectivity index (χ3n) is 5.88. The molecule has 37 heavy (non-hydrogen) atoms. The molecular formula is C25H26N6O6. The lowest BCUT2D eigenvalue weighted by molar-refractivity contribution is -0.135. The quantitative estimate of drug-likeness (QED) is 0.365. The molecule has 4 heterocycles. The van der Waals surface area contributed by atoms with Crippen LogP contribution in [-0.2, 0) is 23.7 Å². The Morgan fingerprint density at radius 2 is 1.89 bits per heavy atom. The van der Waals surface area contributed by atoms with Crippen molar-refractivity contribution < 1.29 is 28.5 Å². The second-order valence-electron chi connectivity index (χ2n) is 8.24. The highest BCUT2D eigenvalue weighted by Crippen LogP contribution is 2.41. The smallest absolute Gasteiger partial charge is 0.330 e. The van der Waals surface area contributed by atoms with E-state index in [1.54, 1.807) is 17.0 Å². The van der Waals surface area contributed by atoms with Crippen molar-refractivity contribution in [1.82, 2.24) is 24.8 Å². The van der Waals surface area contributed by atoms with Crippen LogP contribution < -0.4 is 10.6 Å². The van der Waals surface area contributed by atoms with E-state index >= 15 is 0 Å². The molecule has 192 valence electrons. The Kier molecular flexibility index (Phi) is 7.21. The van der Waals surface area contributed by atoms with Crippen molar-refractivity contribution in [2.24, 2.45) is 0 Å². The standard InChI is InChI=1S/C25H26N6O6/c1-3-26-25(33)30-22-19-23(28-13-27-22)31(14-29-19)24-21-20(16(35-24)10-11-17(32)34-2)36-18(37-21)12-9-15-7-5-4-6-8-15/h4-14,16,18,20-21,24H,3H2,1-2H3,(H2,26,27,28,30,33)/b11-10+,12-9+. The van der Waals surface area contributed by atoms with Gasteiger partial charge in [-0.15, -0.1) is 0 Å². The molecule has 2 fully saturated rings. The van der Waals surface area contributed by atoms with Gasteiger partial charge in [0.15, 0.2) is 29.5 Å². The van der Waals surface area contributed by atoms with Gasteiger partial charge in [-0.3, -0.25) is 9.88 Å². The molecule has 5 atom stereocenters. The maximum absolute atomic E-state index is 12.0. The van der Waals surface area contributed by atoms with E-state index < -0.39 is 42.8 Å². The molecule has 12 nitrogen and oxygen atoms in total. The molecule has 0 spiro atoms. The van der Waals surface area contributed by atoms with E-state index in [0.29, 0.717) is 17.7 Å². The van der Waals surface area contributed by atoms with Crippen molar-refractivity contribution in [1.29, 1.82) is 0 Å². The number of nitrogens with zero attached hydrogens (tertiary/aromatic N) is 4. The Labute approximate surface area is 212 Å². The number of benzene rings is 1. The number of carbonyl (C=O) groups excluding carboxylic acids is 2. The van der Waals surface area contributed by atoms with Gasteiger partial charge >= 0.3 is 12.0 Å². The molecule has 2 saturated heterocycles. The maximum Gasteiger partial charge on any atom is 0.330 e. The van der Waals surface area contributed by atoms with Crippen molar-refractivity contribution in [2.75, 3.05) is 19.0 Å². The minimum atomic E-state index is -0.676. The highest BCUT2D eigenvalue weighted by atomic mass is 16.8. The first-order valence-corrected chi connectivity index (χ1v) is 11.8. The maximum atomic E-state index is 12.0. The lowest BCUT2D eigenvalue weighted by atomic mass is 10.1. The second kappa shape index (κ2) is 10.9. The number of aromatic nitrogens is 4. The van der Waals surface area contributed by atoms with Gasteiger partial charge in [-0.1, -0.05) is 36.4 Å². The number of ether oxygens (including phenoxy) is 4. The lowest BCUT2D eigenvalue weighted by Crippen LogP contribution is -2.29. The van der Waals surface area contributed by atoms with Crippen LogP contribution >= 0.6 is 0 Å². The Bertz CT molecular complexity index is 1330. The van der Waals surface area contributed by atoms with Crippen LogP contribution in [0.15, 0.2) is 61.2 Å². The average molecular weight is 507 g/mol. The molecule has 0 aliphatic carbocycles. The van der Waals surface area contributed by atoms with Gasteiger partial charge in [0.05, 0.1) is 13.4 Å². The number of rotatable bonds is 7. The monoisotopic (exact) mass is 506 g/mol. The first-order chi connectivity index (χ1) is 18.1. The van der Waals surface area contributed by atoms with Gasteiger partial charge < -0.3 is 24.3 Å². The normalized spacial score (nSPS) is 25.1. The fraction of sp³-hybridized carbons (Fsp3) is 0.320. The van der Waals surface area contributed by atoms with Gasteiger partial charge in [-0.05, 0) is 24.6 Å². The zero-order valence-electron chi connectivity index (χ0n) is 20.2. The summed E-state index contributed by atoms with van der Waals surface area (Å²) in [5.41, 5.74) is 1.84. The van der Waals surface area contributed by atoms with Crippen molar-refractivity contribution >= 4 is 35.1 Å². The average Bonchev–Trinajstić information content (AvgIpc) is 3.61. The van der Waals surface area contributed by atoms with E-state index in [9.17, 15) is 9.59 Å². The molecule has 12 heteroatoms. The molecule has 0 bridgehead atoms. The Balaban J connectivity index is 1.43. The van der Waals surface area contributed by atoms with E-state index in [0.717, 1.165) is 5.56 Å². The number of carbonyl (C=O) groups is 2. The van der Waals surface area contributed by atoms with Gasteiger partial charge in [-0.2, -0.15) is 0 Å². The number of amides is 2. The zero-order chi connectivity index (χ0) is 25.8. The number of fused-ring (bicyclic) bond motifs is 2. The third-order valence-corrected chi connectivity index (χ3v) is 5.88. The van der Waals surface area contributed by atoms with Gasteiger partial charge in [0.2, 0.25) is 0 Å². The molecule has 2 N–H and O–H groups in total. The summed E-state index contributed by atoms with van der Waals surface area (Å²) >= 11 is 0. The fourth-order valence-electron chi connectivity index (χ4n) is 4.21. The predicted molar refractivity (Wildman–Crippen MR) is 132 cm³/mol. The molecule has 2 aliphatic rings.